The van der Waals surface area contributed by atoms with Gasteiger partial charge in [-0.1, -0.05) is 103 Å². The first-order valence-corrected chi connectivity index (χ1v) is 10.4. The Morgan fingerprint density at radius 2 is 1.10 bits per heavy atom. The average molecular weight is 288 g/mol. The van der Waals surface area contributed by atoms with Crippen LogP contribution >= 0.6 is 0 Å². The third-order valence-corrected chi connectivity index (χ3v) is 7.74. The second kappa shape index (κ2) is 5.70. The van der Waals surface area contributed by atoms with Crippen LogP contribution in [0.5, 0.6) is 0 Å². The predicted octanol–water partition coefficient (Wildman–Crippen LogP) is 4.18. The molecule has 0 unspecified atom stereocenters. The third kappa shape index (κ3) is 2.70. The molecule has 0 saturated heterocycles. The van der Waals surface area contributed by atoms with Crippen molar-refractivity contribution in [1.82, 2.24) is 0 Å². The van der Waals surface area contributed by atoms with Gasteiger partial charge in [0.15, 0.2) is 0 Å². The number of benzene rings is 3. The van der Waals surface area contributed by atoms with E-state index < -0.39 is 8.07 Å². The van der Waals surface area contributed by atoms with E-state index in [0.29, 0.717) is 0 Å². The van der Waals surface area contributed by atoms with Crippen molar-refractivity contribution in [3.63, 3.8) is 0 Å². The van der Waals surface area contributed by atoms with Gasteiger partial charge >= 0.3 is 0 Å². The number of hydrogen-bond acceptors (Lipinski definition) is 0. The predicted molar refractivity (Wildman–Crippen MR) is 95.1 cm³/mol. The first kappa shape index (κ1) is 13.8. The van der Waals surface area contributed by atoms with Gasteiger partial charge in [-0.05, 0) is 16.3 Å². The fourth-order valence-corrected chi connectivity index (χ4v) is 5.66. The lowest BCUT2D eigenvalue weighted by atomic mass is 10.1. The van der Waals surface area contributed by atoms with Gasteiger partial charge in [0, 0.05) is 0 Å². The topological polar surface area (TPSA) is 0 Å². The maximum Gasteiger partial charge on any atom is 0.113 e. The lowest BCUT2D eigenvalue weighted by Crippen LogP contribution is -2.53. The zero-order chi connectivity index (χ0) is 14.7. The van der Waals surface area contributed by atoms with E-state index in [2.05, 4.69) is 98.0 Å². The normalized spacial score (nSPS) is 11.3. The molecule has 0 aromatic heterocycles. The Labute approximate surface area is 128 Å². The van der Waals surface area contributed by atoms with Gasteiger partial charge in [-0.2, -0.15) is 0 Å². The van der Waals surface area contributed by atoms with Crippen molar-refractivity contribution in [1.29, 1.82) is 0 Å². The van der Waals surface area contributed by atoms with Gasteiger partial charge < -0.3 is 0 Å². The van der Waals surface area contributed by atoms with E-state index >= 15 is 0 Å². The molecule has 0 bridgehead atoms. The highest BCUT2D eigenvalue weighted by Gasteiger charge is 2.28. The van der Waals surface area contributed by atoms with Crippen molar-refractivity contribution in [3.05, 3.63) is 84.9 Å². The lowest BCUT2D eigenvalue weighted by molar-refractivity contribution is 1.62. The van der Waals surface area contributed by atoms with Crippen LogP contribution in [0.4, 0.5) is 0 Å². The number of rotatable bonds is 3. The van der Waals surface area contributed by atoms with Crippen LogP contribution in [0.25, 0.3) is 11.1 Å². The largest absolute Gasteiger partial charge is 0.113 e. The molecule has 0 aliphatic carbocycles. The van der Waals surface area contributed by atoms with Gasteiger partial charge in [0.05, 0.1) is 0 Å². The molecule has 0 saturated carbocycles. The summed E-state index contributed by atoms with van der Waals surface area (Å²) in [5.74, 6) is 0. The van der Waals surface area contributed by atoms with Crippen LogP contribution in [-0.4, -0.2) is 8.07 Å². The highest BCUT2D eigenvalue weighted by atomic mass is 28.3. The van der Waals surface area contributed by atoms with Gasteiger partial charge in [-0.3, -0.25) is 0 Å². The Kier molecular flexibility index (Phi) is 3.76. The lowest BCUT2D eigenvalue weighted by Gasteiger charge is -2.26. The average Bonchev–Trinajstić information content (AvgIpc) is 2.56. The van der Waals surface area contributed by atoms with Crippen LogP contribution < -0.4 is 10.4 Å². The monoisotopic (exact) mass is 288 g/mol. The van der Waals surface area contributed by atoms with E-state index in [4.69, 9.17) is 0 Å². The van der Waals surface area contributed by atoms with Gasteiger partial charge in [0.25, 0.3) is 0 Å². The third-order valence-electron chi connectivity index (χ3n) is 4.18. The second-order valence-electron chi connectivity index (χ2n) is 5.90. The molecule has 0 N–H and O–H groups in total. The molecule has 0 radical (unpaired) electrons. The summed E-state index contributed by atoms with van der Waals surface area (Å²) >= 11 is 0. The number of hydrogen-bond donors (Lipinski definition) is 0. The minimum absolute atomic E-state index is 1.31. The zero-order valence-corrected chi connectivity index (χ0v) is 13.6. The fourth-order valence-electron chi connectivity index (χ4n) is 2.91. The molecule has 0 fully saturated rings. The Morgan fingerprint density at radius 3 is 1.76 bits per heavy atom. The summed E-state index contributed by atoms with van der Waals surface area (Å²) in [4.78, 5) is 0. The van der Waals surface area contributed by atoms with Gasteiger partial charge in [-0.25, -0.2) is 0 Å². The fraction of sp³-hybridized carbons (Fsp3) is 0.100. The molecule has 104 valence electrons. The summed E-state index contributed by atoms with van der Waals surface area (Å²) in [7, 11) is -1.68. The molecule has 3 aromatic carbocycles. The molecule has 0 atom stereocenters. The highest BCUT2D eigenvalue weighted by Crippen LogP contribution is 2.20. The Bertz CT molecular complexity index is 715. The molecule has 1 heteroatoms. The summed E-state index contributed by atoms with van der Waals surface area (Å²) in [6.07, 6.45) is 0. The van der Waals surface area contributed by atoms with Gasteiger partial charge in [-0.15, -0.1) is 0 Å². The SMILES string of the molecule is C[Si](C)(c1ccccc1)c1ccccc1-c1ccccc1. The van der Waals surface area contributed by atoms with Crippen LogP contribution in [0.15, 0.2) is 84.9 Å². The van der Waals surface area contributed by atoms with E-state index in [1.54, 1.807) is 0 Å². The first-order chi connectivity index (χ1) is 10.2. The van der Waals surface area contributed by atoms with Crippen molar-refractivity contribution in [3.8, 4) is 11.1 Å². The van der Waals surface area contributed by atoms with Crippen molar-refractivity contribution >= 4 is 18.4 Å². The van der Waals surface area contributed by atoms with Crippen LogP contribution in [0.3, 0.4) is 0 Å². The van der Waals surface area contributed by atoms with E-state index in [9.17, 15) is 0 Å². The van der Waals surface area contributed by atoms with Gasteiger partial charge in [0.2, 0.25) is 0 Å². The minimum atomic E-state index is -1.68. The standard InChI is InChI=1S/C20H20Si/c1-21(2,18-13-7-4-8-14-18)20-16-10-9-15-19(20)17-11-5-3-6-12-17/h3-16H,1-2H3. The summed E-state index contributed by atoms with van der Waals surface area (Å²) < 4.78 is 0. The molecule has 0 aliphatic heterocycles. The van der Waals surface area contributed by atoms with E-state index in [0.717, 1.165) is 0 Å². The Morgan fingerprint density at radius 1 is 0.571 bits per heavy atom. The molecule has 0 amide bonds. The summed E-state index contributed by atoms with van der Waals surface area (Å²) in [5.41, 5.74) is 2.68. The van der Waals surface area contributed by atoms with Gasteiger partial charge in [0.1, 0.15) is 8.07 Å². The van der Waals surface area contributed by atoms with Crippen LogP contribution in [0.2, 0.25) is 13.1 Å². The summed E-state index contributed by atoms with van der Waals surface area (Å²) in [6, 6.07) is 30.5. The second-order valence-corrected chi connectivity index (χ2v) is 10.3. The maximum absolute atomic E-state index is 2.43. The van der Waals surface area contributed by atoms with Crippen LogP contribution in [0.1, 0.15) is 0 Å². The molecular weight excluding hydrogens is 268 g/mol. The Balaban J connectivity index is 2.16. The molecule has 0 heterocycles. The first-order valence-electron chi connectivity index (χ1n) is 7.40. The smallest absolute Gasteiger partial charge is 0.0626 e. The quantitative estimate of drug-likeness (QED) is 0.634. The molecule has 0 spiro atoms. The summed E-state index contributed by atoms with van der Waals surface area (Å²) in [5, 5.41) is 2.98. The minimum Gasteiger partial charge on any atom is -0.0626 e. The molecule has 21 heavy (non-hydrogen) atoms. The van der Waals surface area contributed by atoms with Crippen LogP contribution in [0, 0.1) is 0 Å². The van der Waals surface area contributed by atoms with Crippen molar-refractivity contribution < 1.29 is 0 Å². The molecule has 3 aromatic rings. The van der Waals surface area contributed by atoms with E-state index in [1.807, 2.05) is 0 Å². The zero-order valence-electron chi connectivity index (χ0n) is 12.6. The molecule has 0 aliphatic rings. The molecule has 3 rings (SSSR count). The molecule has 0 nitrogen and oxygen atoms in total. The van der Waals surface area contributed by atoms with Crippen molar-refractivity contribution in [2.45, 2.75) is 13.1 Å². The van der Waals surface area contributed by atoms with Crippen LogP contribution in [-0.2, 0) is 0 Å². The highest BCUT2D eigenvalue weighted by molar-refractivity contribution is 7.01. The van der Waals surface area contributed by atoms with Crippen molar-refractivity contribution in [2.24, 2.45) is 0 Å². The van der Waals surface area contributed by atoms with Crippen molar-refractivity contribution in [2.75, 3.05) is 0 Å². The summed E-state index contributed by atoms with van der Waals surface area (Å²) in [6.45, 7) is 4.87. The van der Waals surface area contributed by atoms with E-state index in [-0.39, 0.29) is 0 Å². The van der Waals surface area contributed by atoms with E-state index in [1.165, 1.54) is 21.5 Å². The molecular formula is C20H20Si. The Hall–Kier alpha value is -2.12. The maximum atomic E-state index is 2.43.